The predicted octanol–water partition coefficient (Wildman–Crippen LogP) is 5.22. The average Bonchev–Trinajstić information content (AvgIpc) is 2.85. The molecule has 2 aromatic heterocycles. The van der Waals surface area contributed by atoms with Gasteiger partial charge in [-0.05, 0) is 71.1 Å². The summed E-state index contributed by atoms with van der Waals surface area (Å²) >= 11 is 1.15. The third-order valence-electron chi connectivity index (χ3n) is 6.61. The van der Waals surface area contributed by atoms with Gasteiger partial charge in [0.25, 0.3) is 0 Å². The molecule has 188 valence electrons. The van der Waals surface area contributed by atoms with Crippen LogP contribution in [0.15, 0.2) is 41.6 Å². The molecule has 0 aliphatic carbocycles. The lowest BCUT2D eigenvalue weighted by Gasteiger charge is -2.32. The first-order chi connectivity index (χ1) is 17.3. The highest BCUT2D eigenvalue weighted by molar-refractivity contribution is 8.00. The molecule has 10 heteroatoms. The lowest BCUT2D eigenvalue weighted by molar-refractivity contribution is -0.116. The molecule has 1 fully saturated rings. The predicted molar refractivity (Wildman–Crippen MR) is 138 cm³/mol. The summed E-state index contributed by atoms with van der Waals surface area (Å²) in [5.41, 5.74) is 2.36. The number of carbonyl (C=O) groups excluding carboxylic acids is 1. The molecule has 0 unspecified atom stereocenters. The van der Waals surface area contributed by atoms with Gasteiger partial charge in [-0.15, -0.1) is 11.8 Å². The van der Waals surface area contributed by atoms with Gasteiger partial charge in [-0.2, -0.15) is 0 Å². The smallest absolute Gasteiger partial charge is 0.237 e. The Balaban J connectivity index is 1.41. The van der Waals surface area contributed by atoms with Gasteiger partial charge in [0.1, 0.15) is 11.5 Å². The molecule has 4 heterocycles. The first kappa shape index (κ1) is 24.6. The van der Waals surface area contributed by atoms with Crippen LogP contribution in [0.2, 0.25) is 0 Å². The fraction of sp³-hybridized carbons (Fsp3) is 0.385. The minimum absolute atomic E-state index is 0.0446. The van der Waals surface area contributed by atoms with Crippen LogP contribution in [-0.4, -0.2) is 57.7 Å². The molecule has 1 saturated heterocycles. The topological polar surface area (TPSA) is 74.2 Å². The zero-order valence-corrected chi connectivity index (χ0v) is 21.3. The molecule has 3 aromatic rings. The molecule has 2 aliphatic rings. The van der Waals surface area contributed by atoms with Gasteiger partial charge in [-0.25, -0.2) is 18.7 Å². The van der Waals surface area contributed by atoms with Gasteiger partial charge in [0.2, 0.25) is 11.9 Å². The second-order valence-corrected chi connectivity index (χ2v) is 10.5. The number of pyridine rings is 1. The number of amides is 1. The number of benzene rings is 1. The summed E-state index contributed by atoms with van der Waals surface area (Å²) in [6, 6.07) is 6.62. The first-order valence-electron chi connectivity index (χ1n) is 12.0. The van der Waals surface area contributed by atoms with E-state index in [4.69, 9.17) is 0 Å². The van der Waals surface area contributed by atoms with Gasteiger partial charge in [0, 0.05) is 23.2 Å². The standard InChI is InChI=1S/C26H28F2N6OS/c1-15(2)34-22-11-17(10-19(27)25(22)36-14-23(34)35)24-20(28)13-30-26(32-24)31-18-4-5-21(29-12-18)16-6-8-33(3)9-7-16/h4-5,10-13,15-16H,6-9,14H2,1-3H3,(H,30,31,32). The lowest BCUT2D eigenvalue weighted by atomic mass is 9.93. The molecule has 0 atom stereocenters. The summed E-state index contributed by atoms with van der Waals surface area (Å²) in [5.74, 6) is -0.515. The quantitative estimate of drug-likeness (QED) is 0.505. The highest BCUT2D eigenvalue weighted by Crippen LogP contribution is 2.41. The highest BCUT2D eigenvalue weighted by atomic mass is 32.2. The molecule has 2 aliphatic heterocycles. The van der Waals surface area contributed by atoms with Crippen molar-refractivity contribution in [2.24, 2.45) is 0 Å². The van der Waals surface area contributed by atoms with E-state index in [0.717, 1.165) is 49.6 Å². The fourth-order valence-electron chi connectivity index (χ4n) is 4.73. The Morgan fingerprint density at radius 3 is 2.56 bits per heavy atom. The Morgan fingerprint density at radius 2 is 1.86 bits per heavy atom. The van der Waals surface area contributed by atoms with Crippen molar-refractivity contribution in [1.82, 2.24) is 19.9 Å². The molecule has 0 saturated carbocycles. The number of nitrogens with zero attached hydrogens (tertiary/aromatic N) is 5. The number of nitrogens with one attached hydrogen (secondary N) is 1. The summed E-state index contributed by atoms with van der Waals surface area (Å²) in [5, 5.41) is 3.07. The monoisotopic (exact) mass is 510 g/mol. The van der Waals surface area contributed by atoms with E-state index >= 15 is 4.39 Å². The second-order valence-electron chi connectivity index (χ2n) is 9.52. The minimum Gasteiger partial charge on any atom is -0.323 e. The summed E-state index contributed by atoms with van der Waals surface area (Å²) in [6.07, 6.45) is 4.94. The average molecular weight is 511 g/mol. The van der Waals surface area contributed by atoms with Crippen LogP contribution < -0.4 is 10.2 Å². The second kappa shape index (κ2) is 10.1. The maximum Gasteiger partial charge on any atom is 0.237 e. The van der Waals surface area contributed by atoms with Crippen molar-refractivity contribution in [3.63, 3.8) is 0 Å². The van der Waals surface area contributed by atoms with E-state index in [1.54, 1.807) is 17.2 Å². The minimum atomic E-state index is -0.679. The Labute approximate surface area is 213 Å². The van der Waals surface area contributed by atoms with Crippen LogP contribution in [0.1, 0.15) is 38.3 Å². The van der Waals surface area contributed by atoms with Crippen molar-refractivity contribution < 1.29 is 13.6 Å². The van der Waals surface area contributed by atoms with Crippen molar-refractivity contribution in [2.45, 2.75) is 43.5 Å². The van der Waals surface area contributed by atoms with Crippen molar-refractivity contribution in [3.05, 3.63) is 54.0 Å². The molecule has 1 amide bonds. The van der Waals surface area contributed by atoms with Crippen LogP contribution in [0.4, 0.5) is 26.1 Å². The third kappa shape index (κ3) is 4.92. The van der Waals surface area contributed by atoms with Crippen molar-refractivity contribution in [2.75, 3.05) is 36.1 Å². The molecular formula is C26H28F2N6OS. The van der Waals surface area contributed by atoms with Crippen LogP contribution in [0.25, 0.3) is 11.3 Å². The number of piperidine rings is 1. The van der Waals surface area contributed by atoms with Crippen LogP contribution in [-0.2, 0) is 4.79 Å². The maximum atomic E-state index is 15.0. The van der Waals surface area contributed by atoms with E-state index in [-0.39, 0.29) is 34.9 Å². The zero-order valence-electron chi connectivity index (χ0n) is 20.5. The first-order valence-corrected chi connectivity index (χ1v) is 13.0. The van der Waals surface area contributed by atoms with Crippen molar-refractivity contribution in [1.29, 1.82) is 0 Å². The van der Waals surface area contributed by atoms with E-state index in [2.05, 4.69) is 32.2 Å². The number of halogens is 2. The summed E-state index contributed by atoms with van der Waals surface area (Å²) in [4.78, 5) is 29.7. The molecule has 7 nitrogen and oxygen atoms in total. The third-order valence-corrected chi connectivity index (χ3v) is 7.69. The molecule has 0 bridgehead atoms. The number of aromatic nitrogens is 3. The number of fused-ring (bicyclic) bond motifs is 1. The molecular weight excluding hydrogens is 482 g/mol. The van der Waals surface area contributed by atoms with Gasteiger partial charge in [0.15, 0.2) is 5.82 Å². The van der Waals surface area contributed by atoms with Crippen molar-refractivity contribution in [3.8, 4) is 11.3 Å². The number of carbonyl (C=O) groups is 1. The van der Waals surface area contributed by atoms with Gasteiger partial charge in [-0.1, -0.05) is 0 Å². The largest absolute Gasteiger partial charge is 0.323 e. The Hall–Kier alpha value is -3.11. The molecule has 1 N–H and O–H groups in total. The number of hydrogen-bond acceptors (Lipinski definition) is 7. The van der Waals surface area contributed by atoms with E-state index in [1.807, 2.05) is 26.0 Å². The Kier molecular flexibility index (Phi) is 6.90. The van der Waals surface area contributed by atoms with Crippen molar-refractivity contribution >= 4 is 35.0 Å². The lowest BCUT2D eigenvalue weighted by Crippen LogP contribution is -2.40. The number of rotatable bonds is 5. The molecule has 5 rings (SSSR count). The maximum absolute atomic E-state index is 15.0. The number of anilines is 3. The Bertz CT molecular complexity index is 1280. The fourth-order valence-corrected chi connectivity index (χ4v) is 5.63. The van der Waals surface area contributed by atoms with Crippen LogP contribution in [0, 0.1) is 11.6 Å². The van der Waals surface area contributed by atoms with Crippen LogP contribution in [0.3, 0.4) is 0 Å². The van der Waals surface area contributed by atoms with Gasteiger partial charge in [-0.3, -0.25) is 9.78 Å². The zero-order chi connectivity index (χ0) is 25.4. The van der Waals surface area contributed by atoms with Crippen LogP contribution >= 0.6 is 11.8 Å². The summed E-state index contributed by atoms with van der Waals surface area (Å²) in [6.45, 7) is 5.84. The van der Waals surface area contributed by atoms with E-state index < -0.39 is 11.6 Å². The van der Waals surface area contributed by atoms with E-state index in [0.29, 0.717) is 22.2 Å². The normalized spacial score (nSPS) is 16.9. The van der Waals surface area contributed by atoms with Gasteiger partial charge in [0.05, 0.1) is 34.4 Å². The van der Waals surface area contributed by atoms with E-state index in [9.17, 15) is 9.18 Å². The molecule has 36 heavy (non-hydrogen) atoms. The van der Waals surface area contributed by atoms with E-state index in [1.165, 1.54) is 6.07 Å². The van der Waals surface area contributed by atoms with Gasteiger partial charge < -0.3 is 15.1 Å². The Morgan fingerprint density at radius 1 is 1.08 bits per heavy atom. The highest BCUT2D eigenvalue weighted by Gasteiger charge is 2.30. The summed E-state index contributed by atoms with van der Waals surface area (Å²) in [7, 11) is 2.13. The summed E-state index contributed by atoms with van der Waals surface area (Å²) < 4.78 is 29.8. The number of thioether (sulfide) groups is 1. The molecule has 0 radical (unpaired) electrons. The van der Waals surface area contributed by atoms with Gasteiger partial charge >= 0.3 is 0 Å². The molecule has 0 spiro atoms. The number of hydrogen-bond donors (Lipinski definition) is 1. The molecule has 1 aromatic carbocycles. The van der Waals surface area contributed by atoms with Crippen LogP contribution in [0.5, 0.6) is 0 Å². The number of likely N-dealkylation sites (tertiary alicyclic amines) is 1. The SMILES string of the molecule is CC(C)N1C(=O)CSc2c(F)cc(-c3nc(Nc4ccc(C5CCN(C)CC5)nc4)ncc3F)cc21.